The second-order valence-electron chi connectivity index (χ2n) is 5.87. The van der Waals surface area contributed by atoms with Crippen LogP contribution in [0.25, 0.3) is 0 Å². The summed E-state index contributed by atoms with van der Waals surface area (Å²) in [6, 6.07) is 5.11. The second-order valence-corrected chi connectivity index (χ2v) is 5.87. The topological polar surface area (TPSA) is 37.6 Å². The molecule has 0 bridgehead atoms. The molecule has 0 aliphatic heterocycles. The molecule has 1 aromatic heterocycles. The van der Waals surface area contributed by atoms with E-state index >= 15 is 0 Å². The molecular formula is C16H28N2O2. The summed E-state index contributed by atoms with van der Waals surface area (Å²) >= 11 is 0. The van der Waals surface area contributed by atoms with Crippen molar-refractivity contribution in [2.45, 2.75) is 45.3 Å². The molecule has 114 valence electrons. The minimum Gasteiger partial charge on any atom is -0.468 e. The molecule has 1 fully saturated rings. The lowest BCUT2D eigenvalue weighted by Gasteiger charge is -2.34. The Labute approximate surface area is 122 Å². The van der Waals surface area contributed by atoms with E-state index in [-0.39, 0.29) is 0 Å². The van der Waals surface area contributed by atoms with Crippen LogP contribution in [0.2, 0.25) is 0 Å². The van der Waals surface area contributed by atoms with Gasteiger partial charge < -0.3 is 14.5 Å². The number of furan rings is 1. The zero-order valence-corrected chi connectivity index (χ0v) is 13.0. The van der Waals surface area contributed by atoms with Crippen LogP contribution in [0.1, 0.15) is 32.4 Å². The third-order valence-electron chi connectivity index (χ3n) is 4.27. The van der Waals surface area contributed by atoms with Crippen LogP contribution in [-0.2, 0) is 11.3 Å². The highest BCUT2D eigenvalue weighted by Gasteiger charge is 2.33. The van der Waals surface area contributed by atoms with E-state index in [4.69, 9.17) is 9.15 Å². The van der Waals surface area contributed by atoms with Gasteiger partial charge in [0.1, 0.15) is 5.76 Å². The maximum Gasteiger partial charge on any atom is 0.117 e. The molecule has 1 aromatic rings. The fourth-order valence-electron chi connectivity index (χ4n) is 2.81. The summed E-state index contributed by atoms with van der Waals surface area (Å²) in [6.45, 7) is 8.24. The minimum absolute atomic E-state index is 0.510. The van der Waals surface area contributed by atoms with E-state index < -0.39 is 0 Å². The van der Waals surface area contributed by atoms with Gasteiger partial charge in [-0.3, -0.25) is 4.90 Å². The van der Waals surface area contributed by atoms with Gasteiger partial charge in [-0.1, -0.05) is 0 Å². The van der Waals surface area contributed by atoms with Gasteiger partial charge in [-0.05, 0) is 44.7 Å². The summed E-state index contributed by atoms with van der Waals surface area (Å²) in [5.74, 6) is 1.88. The first kappa shape index (κ1) is 15.5. The monoisotopic (exact) mass is 280 g/mol. The van der Waals surface area contributed by atoms with Crippen LogP contribution in [0.4, 0.5) is 0 Å². The highest BCUT2D eigenvalue weighted by atomic mass is 16.5. The van der Waals surface area contributed by atoms with Crippen LogP contribution < -0.4 is 5.32 Å². The van der Waals surface area contributed by atoms with Crippen LogP contribution in [-0.4, -0.2) is 43.8 Å². The van der Waals surface area contributed by atoms with E-state index in [1.54, 1.807) is 13.4 Å². The van der Waals surface area contributed by atoms with Crippen molar-refractivity contribution in [2.75, 3.05) is 26.8 Å². The third-order valence-corrected chi connectivity index (χ3v) is 4.27. The predicted octanol–water partition coefficient (Wildman–Crippen LogP) is 2.50. The zero-order chi connectivity index (χ0) is 14.4. The first-order chi connectivity index (χ1) is 9.72. The molecule has 2 rings (SSSR count). The van der Waals surface area contributed by atoms with Gasteiger partial charge in [-0.2, -0.15) is 0 Å². The Kier molecular flexibility index (Phi) is 6.07. The Bertz CT molecular complexity index is 363. The van der Waals surface area contributed by atoms with Gasteiger partial charge in [0.05, 0.1) is 19.4 Å². The van der Waals surface area contributed by atoms with Crippen LogP contribution in [0.5, 0.6) is 0 Å². The summed E-state index contributed by atoms with van der Waals surface area (Å²) in [4.78, 5) is 2.58. The van der Waals surface area contributed by atoms with E-state index in [9.17, 15) is 0 Å². The van der Waals surface area contributed by atoms with Crippen molar-refractivity contribution >= 4 is 0 Å². The second kappa shape index (κ2) is 7.81. The van der Waals surface area contributed by atoms with E-state index in [0.717, 1.165) is 37.9 Å². The molecule has 1 saturated carbocycles. The maximum absolute atomic E-state index is 5.34. The number of ether oxygens (including phenoxy) is 1. The lowest BCUT2D eigenvalue weighted by atomic mass is 10.1. The molecule has 1 aliphatic rings. The average molecular weight is 280 g/mol. The fraction of sp³-hybridized carbons (Fsp3) is 0.750. The van der Waals surface area contributed by atoms with Gasteiger partial charge in [-0.25, -0.2) is 0 Å². The number of hydrogen-bond acceptors (Lipinski definition) is 4. The van der Waals surface area contributed by atoms with Crippen molar-refractivity contribution in [3.05, 3.63) is 24.2 Å². The van der Waals surface area contributed by atoms with Crippen molar-refractivity contribution < 1.29 is 9.15 Å². The fourth-order valence-corrected chi connectivity index (χ4v) is 2.81. The molecule has 20 heavy (non-hydrogen) atoms. The zero-order valence-electron chi connectivity index (χ0n) is 13.0. The Morgan fingerprint density at radius 2 is 2.25 bits per heavy atom. The van der Waals surface area contributed by atoms with E-state index in [1.807, 2.05) is 12.1 Å². The molecular weight excluding hydrogens is 252 g/mol. The smallest absolute Gasteiger partial charge is 0.117 e. The third kappa shape index (κ3) is 4.62. The summed E-state index contributed by atoms with van der Waals surface area (Å²) < 4.78 is 10.6. The molecule has 1 heterocycles. The summed E-state index contributed by atoms with van der Waals surface area (Å²) in [5.41, 5.74) is 0. The van der Waals surface area contributed by atoms with E-state index in [0.29, 0.717) is 12.1 Å². The molecule has 0 radical (unpaired) electrons. The number of rotatable bonds is 10. The average Bonchev–Trinajstić information content (AvgIpc) is 3.17. The molecule has 4 heteroatoms. The van der Waals surface area contributed by atoms with E-state index in [1.165, 1.54) is 12.8 Å². The van der Waals surface area contributed by atoms with Crippen molar-refractivity contribution in [2.24, 2.45) is 5.92 Å². The van der Waals surface area contributed by atoms with Crippen LogP contribution >= 0.6 is 0 Å². The molecule has 0 spiro atoms. The normalized spacial score (nSPS) is 18.4. The van der Waals surface area contributed by atoms with Crippen LogP contribution in [0.3, 0.4) is 0 Å². The molecule has 1 aliphatic carbocycles. The lowest BCUT2D eigenvalue weighted by molar-refractivity contribution is 0.0866. The quantitative estimate of drug-likeness (QED) is 0.714. The summed E-state index contributed by atoms with van der Waals surface area (Å²) in [6.07, 6.45) is 4.49. The number of nitrogens with one attached hydrogen (secondary N) is 1. The van der Waals surface area contributed by atoms with Crippen molar-refractivity contribution in [3.63, 3.8) is 0 Å². The minimum atomic E-state index is 0.510. The van der Waals surface area contributed by atoms with Crippen LogP contribution in [0.15, 0.2) is 22.8 Å². The maximum atomic E-state index is 5.34. The summed E-state index contributed by atoms with van der Waals surface area (Å²) in [5, 5.41) is 3.48. The van der Waals surface area contributed by atoms with Crippen molar-refractivity contribution in [1.82, 2.24) is 10.2 Å². The highest BCUT2D eigenvalue weighted by Crippen LogP contribution is 2.35. The van der Waals surface area contributed by atoms with Gasteiger partial charge in [0.25, 0.3) is 0 Å². The van der Waals surface area contributed by atoms with Gasteiger partial charge in [-0.15, -0.1) is 0 Å². The molecule has 4 nitrogen and oxygen atoms in total. The standard InChI is InChI=1S/C16H28N2O2/c1-13(11-17-12-16-5-4-9-20-16)18(8-10-19-3)14(2)15-6-7-15/h4-5,9,13-15,17H,6-8,10-12H2,1-3H3. The number of hydrogen-bond donors (Lipinski definition) is 1. The van der Waals surface area contributed by atoms with Crippen LogP contribution in [0, 0.1) is 5.92 Å². The molecule has 2 atom stereocenters. The molecule has 0 aromatic carbocycles. The largest absolute Gasteiger partial charge is 0.468 e. The van der Waals surface area contributed by atoms with Gasteiger partial charge in [0.15, 0.2) is 0 Å². The molecule has 1 N–H and O–H groups in total. The molecule has 0 saturated heterocycles. The van der Waals surface area contributed by atoms with E-state index in [2.05, 4.69) is 24.1 Å². The lowest BCUT2D eigenvalue weighted by Crippen LogP contribution is -2.47. The Morgan fingerprint density at radius 1 is 1.45 bits per heavy atom. The first-order valence-corrected chi connectivity index (χ1v) is 7.70. The highest BCUT2D eigenvalue weighted by molar-refractivity contribution is 4.97. The first-order valence-electron chi connectivity index (χ1n) is 7.70. The van der Waals surface area contributed by atoms with Gasteiger partial charge in [0.2, 0.25) is 0 Å². The Hall–Kier alpha value is -0.840. The molecule has 0 amide bonds. The van der Waals surface area contributed by atoms with Crippen molar-refractivity contribution in [3.8, 4) is 0 Å². The Morgan fingerprint density at radius 3 is 2.85 bits per heavy atom. The van der Waals surface area contributed by atoms with Gasteiger partial charge >= 0.3 is 0 Å². The van der Waals surface area contributed by atoms with Crippen molar-refractivity contribution in [1.29, 1.82) is 0 Å². The summed E-state index contributed by atoms with van der Waals surface area (Å²) in [7, 11) is 1.78. The number of nitrogens with zero attached hydrogens (tertiary/aromatic N) is 1. The molecule has 2 unspecified atom stereocenters. The number of methoxy groups -OCH3 is 1. The predicted molar refractivity (Wildman–Crippen MR) is 80.6 cm³/mol. The van der Waals surface area contributed by atoms with Gasteiger partial charge in [0, 0.05) is 32.3 Å². The Balaban J connectivity index is 1.77. The SMILES string of the molecule is COCCN(C(C)CNCc1ccco1)C(C)C1CC1.